The molecule has 0 saturated carbocycles. The maximum atomic E-state index is 11.6. The summed E-state index contributed by atoms with van der Waals surface area (Å²) < 4.78 is 11.3. The lowest BCUT2D eigenvalue weighted by Crippen LogP contribution is -2.41. The second kappa shape index (κ2) is 8.39. The second-order valence-electron chi connectivity index (χ2n) is 6.91. The van der Waals surface area contributed by atoms with Crippen LogP contribution in [0, 0.1) is 12.8 Å². The van der Waals surface area contributed by atoms with Crippen LogP contribution in [-0.4, -0.2) is 48.3 Å². The number of pyridine rings is 1. The average molecular weight is 370 g/mol. The highest BCUT2D eigenvalue weighted by Crippen LogP contribution is 2.41. The molecule has 2 aromatic rings. The van der Waals surface area contributed by atoms with Gasteiger partial charge in [0.05, 0.1) is 37.4 Å². The Hall–Kier alpha value is -2.60. The number of ether oxygens (including phenoxy) is 2. The van der Waals surface area contributed by atoms with E-state index in [1.54, 1.807) is 14.2 Å². The lowest BCUT2D eigenvalue weighted by Gasteiger charge is -2.37. The van der Waals surface area contributed by atoms with Crippen LogP contribution in [0.2, 0.25) is 0 Å². The Kier molecular flexibility index (Phi) is 5.96. The Balaban J connectivity index is 2.11. The van der Waals surface area contributed by atoms with Crippen molar-refractivity contribution in [3.63, 3.8) is 0 Å². The third-order valence-corrected chi connectivity index (χ3v) is 5.12. The number of methoxy groups -OCH3 is 2. The molecule has 1 aromatic heterocycles. The molecule has 1 aliphatic heterocycles. The molecule has 1 aliphatic rings. The molecule has 0 aliphatic carbocycles. The molecule has 27 heavy (non-hydrogen) atoms. The summed E-state index contributed by atoms with van der Waals surface area (Å²) in [5.74, 6) is 0.285. The van der Waals surface area contributed by atoms with Gasteiger partial charge in [-0.3, -0.25) is 14.7 Å². The number of nitrogens with zero attached hydrogens (tertiary/aromatic N) is 2. The number of carboxylic acid groups (broad SMARTS) is 1. The van der Waals surface area contributed by atoms with E-state index < -0.39 is 5.97 Å². The van der Waals surface area contributed by atoms with Crippen LogP contribution in [0.15, 0.2) is 36.5 Å². The number of carboxylic acids is 1. The molecule has 1 aromatic carbocycles. The van der Waals surface area contributed by atoms with Crippen molar-refractivity contribution in [3.8, 4) is 11.5 Å². The summed E-state index contributed by atoms with van der Waals surface area (Å²) in [6.45, 7) is 3.26. The Bertz CT molecular complexity index is 769. The zero-order valence-corrected chi connectivity index (χ0v) is 16.0. The van der Waals surface area contributed by atoms with Gasteiger partial charge in [0.15, 0.2) is 0 Å². The van der Waals surface area contributed by atoms with Crippen molar-refractivity contribution >= 4 is 5.97 Å². The normalized spacial score (nSPS) is 18.7. The summed E-state index contributed by atoms with van der Waals surface area (Å²) >= 11 is 0. The van der Waals surface area contributed by atoms with Crippen molar-refractivity contribution in [2.24, 2.45) is 5.92 Å². The number of likely N-dealkylation sites (tertiary alicyclic amines) is 1. The van der Waals surface area contributed by atoms with Gasteiger partial charge >= 0.3 is 5.97 Å². The number of piperidine rings is 1. The van der Waals surface area contributed by atoms with Crippen molar-refractivity contribution in [3.05, 3.63) is 53.3 Å². The lowest BCUT2D eigenvalue weighted by atomic mass is 9.92. The topological polar surface area (TPSA) is 71.9 Å². The fraction of sp³-hybridized carbons (Fsp3) is 0.429. The fourth-order valence-electron chi connectivity index (χ4n) is 3.75. The highest BCUT2D eigenvalue weighted by atomic mass is 16.5. The maximum absolute atomic E-state index is 11.6. The van der Waals surface area contributed by atoms with Crippen molar-refractivity contribution < 1.29 is 19.4 Å². The van der Waals surface area contributed by atoms with Gasteiger partial charge in [0.25, 0.3) is 0 Å². The zero-order chi connectivity index (χ0) is 19.4. The van der Waals surface area contributed by atoms with Crippen LogP contribution in [0.25, 0.3) is 0 Å². The zero-order valence-electron chi connectivity index (χ0n) is 16.0. The van der Waals surface area contributed by atoms with Crippen molar-refractivity contribution in [2.45, 2.75) is 25.8 Å². The van der Waals surface area contributed by atoms with E-state index >= 15 is 0 Å². The molecule has 3 rings (SSSR count). The van der Waals surface area contributed by atoms with Gasteiger partial charge in [0.1, 0.15) is 11.5 Å². The molecule has 2 heterocycles. The molecule has 6 nitrogen and oxygen atoms in total. The van der Waals surface area contributed by atoms with Gasteiger partial charge in [-0.2, -0.15) is 0 Å². The Morgan fingerprint density at radius 2 is 1.93 bits per heavy atom. The minimum absolute atomic E-state index is 0.237. The van der Waals surface area contributed by atoms with Crippen LogP contribution in [0.1, 0.15) is 35.7 Å². The molecule has 6 heteroatoms. The Morgan fingerprint density at radius 3 is 2.48 bits per heavy atom. The third-order valence-electron chi connectivity index (χ3n) is 5.12. The van der Waals surface area contributed by atoms with Crippen LogP contribution in [0.5, 0.6) is 11.5 Å². The van der Waals surface area contributed by atoms with E-state index in [0.717, 1.165) is 29.8 Å². The largest absolute Gasteiger partial charge is 0.496 e. The van der Waals surface area contributed by atoms with E-state index in [0.29, 0.717) is 24.5 Å². The highest BCUT2D eigenvalue weighted by Gasteiger charge is 2.34. The van der Waals surface area contributed by atoms with Crippen molar-refractivity contribution in [1.82, 2.24) is 9.88 Å². The number of hydrogen-bond donors (Lipinski definition) is 1. The summed E-state index contributed by atoms with van der Waals surface area (Å²) in [5, 5.41) is 9.53. The van der Waals surface area contributed by atoms with Gasteiger partial charge in [-0.05, 0) is 50.1 Å². The molecule has 144 valence electrons. The van der Waals surface area contributed by atoms with E-state index in [2.05, 4.69) is 9.88 Å². The van der Waals surface area contributed by atoms with E-state index in [4.69, 9.17) is 9.47 Å². The monoisotopic (exact) mass is 370 g/mol. The minimum Gasteiger partial charge on any atom is -0.496 e. The predicted octanol–water partition coefficient (Wildman–Crippen LogP) is 3.29. The second-order valence-corrected chi connectivity index (χ2v) is 6.91. The van der Waals surface area contributed by atoms with Crippen molar-refractivity contribution in [2.75, 3.05) is 27.3 Å². The first-order chi connectivity index (χ1) is 13.0. The highest BCUT2D eigenvalue weighted by molar-refractivity contribution is 5.70. The van der Waals surface area contributed by atoms with Crippen LogP contribution < -0.4 is 9.47 Å². The standard InChI is InChI=1S/C21H26N2O4/c1-14-9-10-16(22-12-14)20(23-11-5-6-15(13-23)21(24)25)19-17(26-2)7-4-8-18(19)27-3/h4,7-10,12,15,20H,5-6,11,13H2,1-3H3,(H,24,25). The molecule has 0 radical (unpaired) electrons. The van der Waals surface area contributed by atoms with Crippen molar-refractivity contribution in [1.29, 1.82) is 0 Å². The molecular weight excluding hydrogens is 344 g/mol. The molecular formula is C21H26N2O4. The predicted molar refractivity (Wildman–Crippen MR) is 102 cm³/mol. The summed E-state index contributed by atoms with van der Waals surface area (Å²) in [7, 11) is 3.27. The van der Waals surface area contributed by atoms with E-state index in [1.165, 1.54) is 0 Å². The first-order valence-electron chi connectivity index (χ1n) is 9.15. The van der Waals surface area contributed by atoms with Gasteiger partial charge < -0.3 is 14.6 Å². The van der Waals surface area contributed by atoms with Gasteiger partial charge in [-0.15, -0.1) is 0 Å². The number of aliphatic carboxylic acids is 1. The Morgan fingerprint density at radius 1 is 1.22 bits per heavy atom. The molecule has 2 atom stereocenters. The van der Waals surface area contributed by atoms with E-state index in [9.17, 15) is 9.90 Å². The summed E-state index contributed by atoms with van der Waals surface area (Å²) in [4.78, 5) is 18.4. The third kappa shape index (κ3) is 4.06. The first kappa shape index (κ1) is 19.2. The summed E-state index contributed by atoms with van der Waals surface area (Å²) in [6, 6.07) is 9.47. The first-order valence-corrected chi connectivity index (χ1v) is 9.15. The SMILES string of the molecule is COc1cccc(OC)c1C(c1ccc(C)cn1)N1CCCC(C(=O)O)C1. The number of aryl methyl sites for hydroxylation is 1. The number of hydrogen-bond acceptors (Lipinski definition) is 5. The maximum Gasteiger partial charge on any atom is 0.307 e. The molecule has 0 spiro atoms. The van der Waals surface area contributed by atoms with Gasteiger partial charge in [0, 0.05) is 12.7 Å². The van der Waals surface area contributed by atoms with Crippen LogP contribution in [0.3, 0.4) is 0 Å². The molecule has 1 saturated heterocycles. The molecule has 1 N–H and O–H groups in total. The Labute approximate surface area is 159 Å². The fourth-order valence-corrected chi connectivity index (χ4v) is 3.75. The van der Waals surface area contributed by atoms with Crippen LogP contribution >= 0.6 is 0 Å². The molecule has 0 amide bonds. The van der Waals surface area contributed by atoms with E-state index in [1.807, 2.05) is 43.5 Å². The number of aromatic nitrogens is 1. The van der Waals surface area contributed by atoms with Gasteiger partial charge in [-0.25, -0.2) is 0 Å². The van der Waals surface area contributed by atoms with Crippen LogP contribution in [0.4, 0.5) is 0 Å². The average Bonchev–Trinajstić information content (AvgIpc) is 2.70. The molecule has 0 bridgehead atoms. The number of rotatable bonds is 6. The van der Waals surface area contributed by atoms with Gasteiger partial charge in [-0.1, -0.05) is 12.1 Å². The summed E-state index contributed by atoms with van der Waals surface area (Å²) in [5.41, 5.74) is 2.81. The minimum atomic E-state index is -0.748. The van der Waals surface area contributed by atoms with Crippen LogP contribution in [-0.2, 0) is 4.79 Å². The smallest absolute Gasteiger partial charge is 0.307 e. The molecule has 2 unspecified atom stereocenters. The number of benzene rings is 1. The molecule has 1 fully saturated rings. The number of carbonyl (C=O) groups is 1. The van der Waals surface area contributed by atoms with Gasteiger partial charge in [0.2, 0.25) is 0 Å². The van der Waals surface area contributed by atoms with E-state index in [-0.39, 0.29) is 12.0 Å². The summed E-state index contributed by atoms with van der Waals surface area (Å²) in [6.07, 6.45) is 3.36. The lowest BCUT2D eigenvalue weighted by molar-refractivity contribution is -0.143. The quantitative estimate of drug-likeness (QED) is 0.841.